The van der Waals surface area contributed by atoms with Gasteiger partial charge in [0.15, 0.2) is 0 Å². The van der Waals surface area contributed by atoms with Crippen LogP contribution in [0.3, 0.4) is 0 Å². The van der Waals surface area contributed by atoms with E-state index < -0.39 is 0 Å². The van der Waals surface area contributed by atoms with Crippen LogP contribution in [0.5, 0.6) is 0 Å². The molecule has 0 aliphatic heterocycles. The Bertz CT molecular complexity index is 2860. The average molecular weight is 716 g/mol. The highest BCUT2D eigenvalue weighted by Gasteiger charge is 2.31. The third-order valence-electron chi connectivity index (χ3n) is 12.4. The molecular weight excluding hydrogens is 675 g/mol. The molecular formula is C55H41N. The first kappa shape index (κ1) is 32.7. The number of para-hydroxylation sites is 1. The molecule has 0 fully saturated rings. The lowest BCUT2D eigenvalue weighted by atomic mass is 9.73. The molecule has 1 unspecified atom stereocenters. The molecule has 0 spiro atoms. The predicted octanol–water partition coefficient (Wildman–Crippen LogP) is 14.0. The summed E-state index contributed by atoms with van der Waals surface area (Å²) in [6, 6.07) is 66.1. The predicted molar refractivity (Wildman–Crippen MR) is 234 cm³/mol. The molecule has 0 radical (unpaired) electrons. The monoisotopic (exact) mass is 715 g/mol. The third-order valence-corrected chi connectivity index (χ3v) is 12.4. The van der Waals surface area contributed by atoms with E-state index in [0.717, 1.165) is 24.9 Å². The number of hydrogen-bond donors (Lipinski definition) is 0. The van der Waals surface area contributed by atoms with Gasteiger partial charge in [0.2, 0.25) is 0 Å². The van der Waals surface area contributed by atoms with Crippen LogP contribution in [-0.2, 0) is 19.3 Å². The van der Waals surface area contributed by atoms with Crippen molar-refractivity contribution in [2.75, 3.05) is 4.90 Å². The number of aryl methyl sites for hydroxylation is 1. The van der Waals surface area contributed by atoms with Crippen molar-refractivity contribution in [3.8, 4) is 33.4 Å². The van der Waals surface area contributed by atoms with Crippen molar-refractivity contribution in [2.24, 2.45) is 0 Å². The number of rotatable bonds is 6. The average Bonchev–Trinajstić information content (AvgIpc) is 3.88. The summed E-state index contributed by atoms with van der Waals surface area (Å²) in [5.74, 6) is 0.0906. The summed E-state index contributed by atoms with van der Waals surface area (Å²) < 4.78 is 0. The molecule has 56 heavy (non-hydrogen) atoms. The van der Waals surface area contributed by atoms with Crippen molar-refractivity contribution < 1.29 is 0 Å². The summed E-state index contributed by atoms with van der Waals surface area (Å²) in [6.07, 6.45) is 7.43. The molecule has 0 saturated heterocycles. The third kappa shape index (κ3) is 5.38. The molecule has 3 aliphatic rings. The zero-order chi connectivity index (χ0) is 37.2. The van der Waals surface area contributed by atoms with Gasteiger partial charge in [0.25, 0.3) is 0 Å². The molecule has 8 aromatic carbocycles. The normalized spacial score (nSPS) is 14.4. The van der Waals surface area contributed by atoms with Crippen molar-refractivity contribution in [3.05, 3.63) is 238 Å². The Labute approximate surface area is 329 Å². The second kappa shape index (κ2) is 13.3. The molecule has 3 aliphatic carbocycles. The molecule has 0 N–H and O–H groups in total. The van der Waals surface area contributed by atoms with Gasteiger partial charge in [0.1, 0.15) is 0 Å². The van der Waals surface area contributed by atoms with E-state index in [0.29, 0.717) is 0 Å². The zero-order valence-corrected chi connectivity index (χ0v) is 31.5. The van der Waals surface area contributed by atoms with E-state index in [1.54, 1.807) is 0 Å². The van der Waals surface area contributed by atoms with E-state index in [-0.39, 0.29) is 5.92 Å². The second-order valence-corrected chi connectivity index (χ2v) is 15.6. The molecule has 11 rings (SSSR count). The maximum atomic E-state index is 2.50. The Morgan fingerprint density at radius 3 is 1.96 bits per heavy atom. The van der Waals surface area contributed by atoms with Crippen molar-refractivity contribution >= 4 is 23.1 Å². The highest BCUT2D eigenvalue weighted by atomic mass is 15.1. The van der Waals surface area contributed by atoms with Gasteiger partial charge in [-0.2, -0.15) is 0 Å². The van der Waals surface area contributed by atoms with Gasteiger partial charge in [-0.15, -0.1) is 0 Å². The summed E-state index contributed by atoms with van der Waals surface area (Å²) in [5, 5.41) is 0. The SMILES string of the molecule is Cc1ccccc1-c1ccccc1C1c2ccccc2Cc2ccc(N(c3ccccc3)c3cc4c(c(-c5ccc6c(c5)C=CC6)c3)-c3ccccc3C4)cc21. The van der Waals surface area contributed by atoms with Crippen LogP contribution in [0.25, 0.3) is 39.5 Å². The number of anilines is 3. The van der Waals surface area contributed by atoms with Gasteiger partial charge in [-0.25, -0.2) is 0 Å². The summed E-state index contributed by atoms with van der Waals surface area (Å²) in [7, 11) is 0. The maximum Gasteiger partial charge on any atom is 0.0471 e. The van der Waals surface area contributed by atoms with Gasteiger partial charge in [-0.3, -0.25) is 0 Å². The molecule has 0 aromatic heterocycles. The first-order valence-electron chi connectivity index (χ1n) is 19.9. The summed E-state index contributed by atoms with van der Waals surface area (Å²) >= 11 is 0. The fourth-order valence-corrected chi connectivity index (χ4v) is 9.77. The lowest BCUT2D eigenvalue weighted by Crippen LogP contribution is -2.18. The van der Waals surface area contributed by atoms with Crippen molar-refractivity contribution in [3.63, 3.8) is 0 Å². The maximum absolute atomic E-state index is 2.50. The molecule has 0 saturated carbocycles. The van der Waals surface area contributed by atoms with Crippen molar-refractivity contribution in [2.45, 2.75) is 32.1 Å². The second-order valence-electron chi connectivity index (χ2n) is 15.6. The Balaban J connectivity index is 1.13. The van der Waals surface area contributed by atoms with Crippen LogP contribution in [0.15, 0.2) is 182 Å². The summed E-state index contributed by atoms with van der Waals surface area (Å²) in [5.41, 5.74) is 25.1. The van der Waals surface area contributed by atoms with E-state index in [2.05, 4.69) is 200 Å². The first-order valence-corrected chi connectivity index (χ1v) is 19.9. The van der Waals surface area contributed by atoms with Gasteiger partial charge in [-0.05, 0) is 158 Å². The fourth-order valence-electron chi connectivity index (χ4n) is 9.77. The number of allylic oxidation sites excluding steroid dienone is 1. The van der Waals surface area contributed by atoms with Gasteiger partial charge >= 0.3 is 0 Å². The highest BCUT2D eigenvalue weighted by Crippen LogP contribution is 2.50. The Morgan fingerprint density at radius 2 is 1.11 bits per heavy atom. The first-order chi connectivity index (χ1) is 27.7. The Hall–Kier alpha value is -6.70. The highest BCUT2D eigenvalue weighted by molar-refractivity contribution is 5.95. The van der Waals surface area contributed by atoms with Gasteiger partial charge < -0.3 is 4.90 Å². The lowest BCUT2D eigenvalue weighted by Gasteiger charge is -2.33. The topological polar surface area (TPSA) is 3.24 Å². The van der Waals surface area contributed by atoms with Crippen molar-refractivity contribution in [1.29, 1.82) is 0 Å². The lowest BCUT2D eigenvalue weighted by molar-refractivity contribution is 0.886. The van der Waals surface area contributed by atoms with E-state index in [1.165, 1.54) is 100 Å². The number of hydrogen-bond acceptors (Lipinski definition) is 1. The van der Waals surface area contributed by atoms with Crippen LogP contribution in [0.1, 0.15) is 61.6 Å². The molecule has 0 bridgehead atoms. The molecule has 266 valence electrons. The van der Waals surface area contributed by atoms with Crippen LogP contribution in [-0.4, -0.2) is 0 Å². The number of nitrogens with zero attached hydrogens (tertiary/aromatic N) is 1. The minimum Gasteiger partial charge on any atom is -0.310 e. The van der Waals surface area contributed by atoms with E-state index >= 15 is 0 Å². The summed E-state index contributed by atoms with van der Waals surface area (Å²) in [4.78, 5) is 2.49. The minimum atomic E-state index is 0.0906. The van der Waals surface area contributed by atoms with E-state index in [9.17, 15) is 0 Å². The van der Waals surface area contributed by atoms with Crippen LogP contribution in [0.4, 0.5) is 17.1 Å². The van der Waals surface area contributed by atoms with Crippen molar-refractivity contribution in [1.82, 2.24) is 0 Å². The Kier molecular flexibility index (Phi) is 7.74. The smallest absolute Gasteiger partial charge is 0.0471 e. The summed E-state index contributed by atoms with van der Waals surface area (Å²) in [6.45, 7) is 2.23. The molecule has 8 aromatic rings. The largest absolute Gasteiger partial charge is 0.310 e. The number of benzene rings is 8. The molecule has 0 heterocycles. The molecule has 0 amide bonds. The van der Waals surface area contributed by atoms with Crippen LogP contribution >= 0.6 is 0 Å². The van der Waals surface area contributed by atoms with Gasteiger partial charge in [0.05, 0.1) is 0 Å². The van der Waals surface area contributed by atoms with Gasteiger partial charge in [0, 0.05) is 23.0 Å². The van der Waals surface area contributed by atoms with Crippen LogP contribution in [0.2, 0.25) is 0 Å². The number of fused-ring (bicyclic) bond motifs is 6. The molecule has 1 nitrogen and oxygen atoms in total. The Morgan fingerprint density at radius 1 is 0.429 bits per heavy atom. The quantitative estimate of drug-likeness (QED) is 0.166. The fraction of sp³-hybridized carbons (Fsp3) is 0.0909. The minimum absolute atomic E-state index is 0.0906. The van der Waals surface area contributed by atoms with Gasteiger partial charge in [-0.1, -0.05) is 146 Å². The van der Waals surface area contributed by atoms with Crippen LogP contribution < -0.4 is 4.90 Å². The zero-order valence-electron chi connectivity index (χ0n) is 31.5. The van der Waals surface area contributed by atoms with E-state index in [4.69, 9.17) is 0 Å². The molecule has 1 atom stereocenters. The standard InChI is InChI=1S/C55H41N/c1-36-14-5-8-21-47(36)50-24-11-12-25-51(50)55-49-23-10-7-15-39(49)31-42-28-29-45(34-53(42)55)56(44-19-3-2-4-20-44)46-33-43-32-40-16-6-9-22-48(40)54(43)52(35-46)41-27-26-37-17-13-18-38(37)30-41/h2-16,18-30,33-35,55H,17,31-32H2,1H3. The van der Waals surface area contributed by atoms with Crippen LogP contribution in [0, 0.1) is 6.92 Å². The molecule has 1 heteroatoms. The van der Waals surface area contributed by atoms with E-state index in [1.807, 2.05) is 0 Å².